The van der Waals surface area contributed by atoms with E-state index in [9.17, 15) is 8.42 Å². The fourth-order valence-corrected chi connectivity index (χ4v) is 6.44. The van der Waals surface area contributed by atoms with E-state index in [1.807, 2.05) is 37.4 Å². The highest BCUT2D eigenvalue weighted by Gasteiger charge is 2.27. The Balaban J connectivity index is 1.31. The summed E-state index contributed by atoms with van der Waals surface area (Å²) in [4.78, 5) is 12.1. The summed E-state index contributed by atoms with van der Waals surface area (Å²) in [6.07, 6.45) is 7.09. The topological polar surface area (TPSA) is 87.2 Å². The zero-order valence-corrected chi connectivity index (χ0v) is 21.7. The third-order valence-electron chi connectivity index (χ3n) is 7.07. The predicted octanol–water partition coefficient (Wildman–Crippen LogP) is 4.88. The summed E-state index contributed by atoms with van der Waals surface area (Å²) in [6.45, 7) is 6.31. The summed E-state index contributed by atoms with van der Waals surface area (Å²) in [7, 11) is -3.30. The van der Waals surface area contributed by atoms with Crippen LogP contribution in [-0.2, 0) is 16.4 Å². The number of nitrogens with zero attached hydrogens (tertiary/aromatic N) is 3. The van der Waals surface area contributed by atoms with Crippen molar-refractivity contribution >= 4 is 21.7 Å². The fourth-order valence-electron chi connectivity index (χ4n) is 5.31. The Morgan fingerprint density at radius 2 is 1.83 bits per heavy atom. The van der Waals surface area contributed by atoms with Gasteiger partial charge in [-0.25, -0.2) is 18.4 Å². The molecule has 1 aromatic heterocycles. The van der Waals surface area contributed by atoms with E-state index in [4.69, 9.17) is 4.98 Å². The van der Waals surface area contributed by atoms with Crippen LogP contribution in [0, 0.1) is 0 Å². The third-order valence-corrected chi connectivity index (χ3v) is 8.56. The van der Waals surface area contributed by atoms with Crippen LogP contribution in [0.1, 0.15) is 55.2 Å². The molecule has 0 saturated carbocycles. The zero-order valence-electron chi connectivity index (χ0n) is 20.9. The maximum Gasteiger partial charge on any atom is 0.232 e. The van der Waals surface area contributed by atoms with E-state index in [1.165, 1.54) is 31.5 Å². The minimum absolute atomic E-state index is 0.122. The number of hydrogen-bond donors (Lipinski definition) is 2. The Morgan fingerprint density at radius 1 is 1.06 bits per heavy atom. The molecule has 1 aliphatic carbocycles. The van der Waals surface area contributed by atoms with Crippen LogP contribution in [0.25, 0.3) is 11.3 Å². The number of sulfonamides is 1. The monoisotopic (exact) mass is 505 g/mol. The molecule has 1 atom stereocenters. The van der Waals surface area contributed by atoms with Crippen molar-refractivity contribution in [2.45, 2.75) is 44.9 Å². The van der Waals surface area contributed by atoms with E-state index in [-0.39, 0.29) is 11.7 Å². The van der Waals surface area contributed by atoms with Crippen molar-refractivity contribution in [2.24, 2.45) is 0 Å². The van der Waals surface area contributed by atoms with Crippen LogP contribution >= 0.6 is 0 Å². The first kappa shape index (κ1) is 24.7. The number of anilines is 2. The van der Waals surface area contributed by atoms with Gasteiger partial charge in [0.2, 0.25) is 16.0 Å². The van der Waals surface area contributed by atoms with Gasteiger partial charge in [0.05, 0.1) is 11.4 Å². The van der Waals surface area contributed by atoms with Crippen molar-refractivity contribution in [2.75, 3.05) is 42.0 Å². The molecule has 7 nitrogen and oxygen atoms in total. The number of benzene rings is 2. The summed E-state index contributed by atoms with van der Waals surface area (Å²) in [5, 5.41) is 3.42. The van der Waals surface area contributed by atoms with Gasteiger partial charge in [-0.15, -0.1) is 0 Å². The maximum atomic E-state index is 12.1. The molecule has 2 N–H and O–H groups in total. The molecule has 2 aliphatic rings. The van der Waals surface area contributed by atoms with Crippen molar-refractivity contribution in [1.82, 2.24) is 14.9 Å². The van der Waals surface area contributed by atoms with E-state index < -0.39 is 10.0 Å². The normalized spacial score (nSPS) is 17.4. The van der Waals surface area contributed by atoms with Gasteiger partial charge in [0.15, 0.2) is 0 Å². The van der Waals surface area contributed by atoms with Crippen molar-refractivity contribution in [3.05, 3.63) is 71.4 Å². The molecule has 1 aliphatic heterocycles. The lowest BCUT2D eigenvalue weighted by molar-refractivity contribution is 0.337. The molecule has 2 aromatic carbocycles. The molecule has 36 heavy (non-hydrogen) atoms. The van der Waals surface area contributed by atoms with Gasteiger partial charge in [0, 0.05) is 29.9 Å². The Labute approximate surface area is 214 Å². The van der Waals surface area contributed by atoms with Crippen LogP contribution in [0.3, 0.4) is 0 Å². The van der Waals surface area contributed by atoms with Crippen LogP contribution in [0.2, 0.25) is 0 Å². The van der Waals surface area contributed by atoms with Gasteiger partial charge in [-0.3, -0.25) is 4.72 Å². The van der Waals surface area contributed by atoms with Gasteiger partial charge >= 0.3 is 0 Å². The average molecular weight is 506 g/mol. The van der Waals surface area contributed by atoms with Gasteiger partial charge in [0.1, 0.15) is 0 Å². The van der Waals surface area contributed by atoms with E-state index in [0.29, 0.717) is 18.1 Å². The summed E-state index contributed by atoms with van der Waals surface area (Å²) in [5.41, 5.74) is 6.26. The van der Waals surface area contributed by atoms with Gasteiger partial charge in [-0.05, 0) is 80.6 Å². The molecule has 1 fully saturated rings. The lowest BCUT2D eigenvalue weighted by atomic mass is 9.78. The number of nitrogens with one attached hydrogen (secondary N) is 2. The molecule has 2 heterocycles. The van der Waals surface area contributed by atoms with Crippen LogP contribution < -0.4 is 10.0 Å². The summed E-state index contributed by atoms with van der Waals surface area (Å²) in [6, 6.07) is 16.2. The standard InChI is InChI=1S/C28H35N5O2S/c1-2-18-36(34,35)32-23-12-10-21(11-13-23)26-19-22-20-30-28(29-14-7-17-33-15-5-6-16-33)31-27(22)25-9-4-3-8-24(25)26/h3-4,8-13,20,26,32H,2,5-7,14-19H2,1H3,(H,29,30,31). The molecule has 8 heteroatoms. The van der Waals surface area contributed by atoms with Crippen LogP contribution in [0.15, 0.2) is 54.7 Å². The molecular formula is C28H35N5O2S. The van der Waals surface area contributed by atoms with Crippen LogP contribution in [0.4, 0.5) is 11.6 Å². The first-order chi connectivity index (χ1) is 17.5. The molecule has 1 unspecified atom stereocenters. The molecule has 3 aromatic rings. The molecule has 1 saturated heterocycles. The summed E-state index contributed by atoms with van der Waals surface area (Å²) >= 11 is 0. The quantitative estimate of drug-likeness (QED) is 0.382. The smallest absolute Gasteiger partial charge is 0.232 e. The highest BCUT2D eigenvalue weighted by atomic mass is 32.2. The molecule has 0 amide bonds. The Kier molecular flexibility index (Phi) is 7.53. The van der Waals surface area contributed by atoms with Gasteiger partial charge in [0.25, 0.3) is 0 Å². The molecule has 5 rings (SSSR count). The van der Waals surface area contributed by atoms with E-state index in [1.54, 1.807) is 0 Å². The fraction of sp³-hybridized carbons (Fsp3) is 0.429. The maximum absolute atomic E-state index is 12.1. The van der Waals surface area contributed by atoms with Gasteiger partial charge < -0.3 is 10.2 Å². The zero-order chi connectivity index (χ0) is 25.0. The minimum atomic E-state index is -3.30. The van der Waals surface area contributed by atoms with Crippen molar-refractivity contribution < 1.29 is 8.42 Å². The second-order valence-corrected chi connectivity index (χ2v) is 11.6. The van der Waals surface area contributed by atoms with Crippen LogP contribution in [0.5, 0.6) is 0 Å². The third kappa shape index (κ3) is 5.71. The molecule has 0 spiro atoms. The summed E-state index contributed by atoms with van der Waals surface area (Å²) < 4.78 is 26.9. The number of aromatic nitrogens is 2. The van der Waals surface area contributed by atoms with E-state index >= 15 is 0 Å². The van der Waals surface area contributed by atoms with Crippen molar-refractivity contribution in [3.63, 3.8) is 0 Å². The lowest BCUT2D eigenvalue weighted by Gasteiger charge is -2.27. The van der Waals surface area contributed by atoms with Crippen molar-refractivity contribution in [1.29, 1.82) is 0 Å². The molecular weight excluding hydrogens is 470 g/mol. The second kappa shape index (κ2) is 11.0. The Morgan fingerprint density at radius 3 is 2.61 bits per heavy atom. The molecule has 190 valence electrons. The molecule has 0 radical (unpaired) electrons. The van der Waals surface area contributed by atoms with E-state index in [2.05, 4.69) is 44.2 Å². The SMILES string of the molecule is CCCS(=O)(=O)Nc1ccc(C2Cc3cnc(NCCCN4CCCC4)nc3-c3ccccc32)cc1. The number of hydrogen-bond acceptors (Lipinski definition) is 6. The highest BCUT2D eigenvalue weighted by Crippen LogP contribution is 2.42. The van der Waals surface area contributed by atoms with Crippen LogP contribution in [-0.4, -0.2) is 55.2 Å². The highest BCUT2D eigenvalue weighted by molar-refractivity contribution is 7.92. The lowest BCUT2D eigenvalue weighted by Crippen LogP contribution is -2.22. The average Bonchev–Trinajstić information content (AvgIpc) is 3.40. The number of likely N-dealkylation sites (tertiary alicyclic amines) is 1. The van der Waals surface area contributed by atoms with E-state index in [0.717, 1.165) is 48.3 Å². The van der Waals surface area contributed by atoms with Gasteiger partial charge in [-0.1, -0.05) is 43.3 Å². The predicted molar refractivity (Wildman–Crippen MR) is 146 cm³/mol. The number of rotatable bonds is 10. The Hall–Kier alpha value is -2.97. The van der Waals surface area contributed by atoms with Gasteiger partial charge in [-0.2, -0.15) is 0 Å². The minimum Gasteiger partial charge on any atom is -0.354 e. The second-order valence-electron chi connectivity index (χ2n) is 9.78. The Bertz CT molecular complexity index is 1290. The summed E-state index contributed by atoms with van der Waals surface area (Å²) in [5.74, 6) is 0.974. The number of fused-ring (bicyclic) bond motifs is 3. The largest absolute Gasteiger partial charge is 0.354 e. The first-order valence-corrected chi connectivity index (χ1v) is 14.7. The van der Waals surface area contributed by atoms with Crippen molar-refractivity contribution in [3.8, 4) is 11.3 Å². The molecule has 0 bridgehead atoms. The first-order valence-electron chi connectivity index (χ1n) is 13.0.